The number of nitrogens with zero attached hydrogens (tertiary/aromatic N) is 2. The number of nitrogens with one attached hydrogen (secondary N) is 2. The molecule has 1 aromatic carbocycles. The number of fused-ring (bicyclic) bond motifs is 1. The highest BCUT2D eigenvalue weighted by Crippen LogP contribution is 2.29. The molecule has 154 valence electrons. The van der Waals surface area contributed by atoms with Gasteiger partial charge in [0.1, 0.15) is 5.82 Å². The minimum atomic E-state index is -0.252. The molecule has 0 saturated heterocycles. The van der Waals surface area contributed by atoms with Crippen LogP contribution in [0, 0.1) is 0 Å². The van der Waals surface area contributed by atoms with Gasteiger partial charge in [-0.2, -0.15) is 0 Å². The fourth-order valence-electron chi connectivity index (χ4n) is 3.11. The summed E-state index contributed by atoms with van der Waals surface area (Å²) in [5.41, 5.74) is 0.270. The van der Waals surface area contributed by atoms with Gasteiger partial charge in [0.2, 0.25) is 5.91 Å². The van der Waals surface area contributed by atoms with Crippen LogP contribution in [0.4, 0.5) is 0 Å². The number of carbonyl (C=O) groups is 1. The van der Waals surface area contributed by atoms with E-state index in [4.69, 9.17) is 9.47 Å². The van der Waals surface area contributed by atoms with E-state index >= 15 is 0 Å². The molecule has 0 aliphatic rings. The summed E-state index contributed by atoms with van der Waals surface area (Å²) in [6, 6.07) is 3.45. The number of rotatable bonds is 10. The van der Waals surface area contributed by atoms with Crippen molar-refractivity contribution in [3.63, 3.8) is 0 Å². The Labute approximate surface area is 165 Å². The largest absolute Gasteiger partial charge is 0.493 e. The SMILES string of the molecule is CCC[C@H](C)NC(=O)CN(CC)Cc1nc2cc(OC)c(OC)cc2c(=O)[nH]1. The van der Waals surface area contributed by atoms with Gasteiger partial charge in [0, 0.05) is 12.1 Å². The molecule has 0 unspecified atom stereocenters. The van der Waals surface area contributed by atoms with Crippen molar-refractivity contribution in [3.05, 3.63) is 28.3 Å². The van der Waals surface area contributed by atoms with Crippen LogP contribution in [0.2, 0.25) is 0 Å². The maximum Gasteiger partial charge on any atom is 0.258 e. The zero-order valence-electron chi connectivity index (χ0n) is 17.3. The molecular formula is C20H30N4O4. The molecule has 2 N–H and O–H groups in total. The summed E-state index contributed by atoms with van der Waals surface area (Å²) in [7, 11) is 3.06. The number of methoxy groups -OCH3 is 2. The van der Waals surface area contributed by atoms with Crippen LogP contribution in [0.1, 0.15) is 39.4 Å². The molecule has 0 fully saturated rings. The summed E-state index contributed by atoms with van der Waals surface area (Å²) in [6.45, 7) is 7.33. The molecule has 2 aromatic rings. The highest BCUT2D eigenvalue weighted by atomic mass is 16.5. The number of aromatic amines is 1. The molecule has 1 amide bonds. The Kier molecular flexibility index (Phi) is 7.80. The standard InChI is InChI=1S/C20H30N4O4/c1-6-8-13(3)21-19(25)12-24(7-2)11-18-22-15-10-17(28-5)16(27-4)9-14(15)20(26)23-18/h9-10,13H,6-8,11-12H2,1-5H3,(H,21,25)(H,22,23,26)/t13-/m0/s1. The maximum absolute atomic E-state index is 12.5. The molecule has 8 heteroatoms. The van der Waals surface area contributed by atoms with Crippen molar-refractivity contribution in [1.29, 1.82) is 0 Å². The second kappa shape index (κ2) is 10.1. The lowest BCUT2D eigenvalue weighted by atomic mass is 10.2. The molecule has 0 bridgehead atoms. The van der Waals surface area contributed by atoms with Gasteiger partial charge in [-0.3, -0.25) is 14.5 Å². The summed E-state index contributed by atoms with van der Waals surface area (Å²) >= 11 is 0. The number of ether oxygens (including phenoxy) is 2. The number of aromatic nitrogens is 2. The molecule has 1 heterocycles. The average molecular weight is 390 g/mol. The van der Waals surface area contributed by atoms with Gasteiger partial charge in [0.25, 0.3) is 5.56 Å². The van der Waals surface area contributed by atoms with E-state index in [0.717, 1.165) is 12.8 Å². The summed E-state index contributed by atoms with van der Waals surface area (Å²) in [4.78, 5) is 34.0. The third-order valence-electron chi connectivity index (χ3n) is 4.58. The van der Waals surface area contributed by atoms with Gasteiger partial charge in [-0.25, -0.2) is 4.98 Å². The van der Waals surface area contributed by atoms with E-state index in [2.05, 4.69) is 22.2 Å². The van der Waals surface area contributed by atoms with Crippen molar-refractivity contribution in [2.45, 2.75) is 46.2 Å². The summed E-state index contributed by atoms with van der Waals surface area (Å²) in [5.74, 6) is 1.46. The van der Waals surface area contributed by atoms with Crippen LogP contribution >= 0.6 is 0 Å². The quantitative estimate of drug-likeness (QED) is 0.645. The minimum Gasteiger partial charge on any atom is -0.493 e. The Morgan fingerprint density at radius 3 is 2.54 bits per heavy atom. The summed E-state index contributed by atoms with van der Waals surface area (Å²) in [6.07, 6.45) is 1.97. The van der Waals surface area contributed by atoms with E-state index < -0.39 is 0 Å². The Hall–Kier alpha value is -2.61. The first-order valence-corrected chi connectivity index (χ1v) is 9.58. The third-order valence-corrected chi connectivity index (χ3v) is 4.58. The molecule has 0 aliphatic heterocycles. The smallest absolute Gasteiger partial charge is 0.258 e. The number of carbonyl (C=O) groups excluding carboxylic acids is 1. The molecule has 1 aromatic heterocycles. The van der Waals surface area contributed by atoms with Crippen LogP contribution in [-0.4, -0.2) is 54.1 Å². The lowest BCUT2D eigenvalue weighted by Gasteiger charge is -2.21. The van der Waals surface area contributed by atoms with E-state index in [0.29, 0.717) is 41.3 Å². The molecule has 0 saturated carbocycles. The number of benzene rings is 1. The average Bonchev–Trinajstić information content (AvgIpc) is 2.66. The van der Waals surface area contributed by atoms with Gasteiger partial charge in [-0.15, -0.1) is 0 Å². The Balaban J connectivity index is 2.19. The van der Waals surface area contributed by atoms with E-state index in [1.54, 1.807) is 12.1 Å². The van der Waals surface area contributed by atoms with Gasteiger partial charge >= 0.3 is 0 Å². The normalized spacial score (nSPS) is 12.2. The van der Waals surface area contributed by atoms with Crippen molar-refractivity contribution in [3.8, 4) is 11.5 Å². The highest BCUT2D eigenvalue weighted by Gasteiger charge is 2.15. The molecule has 8 nitrogen and oxygen atoms in total. The van der Waals surface area contributed by atoms with Crippen molar-refractivity contribution in [2.24, 2.45) is 0 Å². The van der Waals surface area contributed by atoms with Crippen LogP contribution in [0.25, 0.3) is 10.9 Å². The molecule has 2 rings (SSSR count). The molecule has 1 atom stereocenters. The zero-order chi connectivity index (χ0) is 20.7. The maximum atomic E-state index is 12.5. The van der Waals surface area contributed by atoms with E-state index in [9.17, 15) is 9.59 Å². The predicted octanol–water partition coefficient (Wildman–Crippen LogP) is 2.07. The first-order chi connectivity index (χ1) is 13.4. The Bertz CT molecular complexity index is 865. The second-order valence-electron chi connectivity index (χ2n) is 6.80. The fraction of sp³-hybridized carbons (Fsp3) is 0.550. The number of H-pyrrole nitrogens is 1. The number of amides is 1. The topological polar surface area (TPSA) is 96.6 Å². The van der Waals surface area contributed by atoms with E-state index in [1.165, 1.54) is 14.2 Å². The van der Waals surface area contributed by atoms with Gasteiger partial charge in [0.15, 0.2) is 11.5 Å². The van der Waals surface area contributed by atoms with Crippen LogP contribution in [-0.2, 0) is 11.3 Å². The summed E-state index contributed by atoms with van der Waals surface area (Å²) < 4.78 is 10.5. The van der Waals surface area contributed by atoms with Crippen LogP contribution in [0.5, 0.6) is 11.5 Å². The lowest BCUT2D eigenvalue weighted by molar-refractivity contribution is -0.123. The third kappa shape index (κ3) is 5.45. The number of hydrogen-bond donors (Lipinski definition) is 2. The van der Waals surface area contributed by atoms with Crippen molar-refractivity contribution < 1.29 is 14.3 Å². The first-order valence-electron chi connectivity index (χ1n) is 9.58. The van der Waals surface area contributed by atoms with Crippen LogP contribution < -0.4 is 20.3 Å². The minimum absolute atomic E-state index is 0.0302. The molecule has 0 spiro atoms. The molecule has 0 radical (unpaired) electrons. The second-order valence-corrected chi connectivity index (χ2v) is 6.80. The number of likely N-dealkylation sites (N-methyl/N-ethyl adjacent to an activating group) is 1. The molecular weight excluding hydrogens is 360 g/mol. The zero-order valence-corrected chi connectivity index (χ0v) is 17.3. The molecule has 0 aliphatic carbocycles. The highest BCUT2D eigenvalue weighted by molar-refractivity contribution is 5.82. The fourth-order valence-corrected chi connectivity index (χ4v) is 3.11. The molecule has 28 heavy (non-hydrogen) atoms. The first kappa shape index (κ1) is 21.7. The van der Waals surface area contributed by atoms with Crippen LogP contribution in [0.3, 0.4) is 0 Å². The Morgan fingerprint density at radius 1 is 1.25 bits per heavy atom. The van der Waals surface area contributed by atoms with Crippen LogP contribution in [0.15, 0.2) is 16.9 Å². The van der Waals surface area contributed by atoms with Gasteiger partial charge in [0.05, 0.1) is 38.2 Å². The van der Waals surface area contributed by atoms with Gasteiger partial charge in [-0.1, -0.05) is 20.3 Å². The van der Waals surface area contributed by atoms with Crippen molar-refractivity contribution in [2.75, 3.05) is 27.3 Å². The predicted molar refractivity (Wildman–Crippen MR) is 109 cm³/mol. The van der Waals surface area contributed by atoms with E-state index in [-0.39, 0.29) is 24.1 Å². The monoisotopic (exact) mass is 390 g/mol. The lowest BCUT2D eigenvalue weighted by Crippen LogP contribution is -2.41. The Morgan fingerprint density at radius 2 is 1.93 bits per heavy atom. The van der Waals surface area contributed by atoms with E-state index in [1.807, 2.05) is 18.7 Å². The van der Waals surface area contributed by atoms with Gasteiger partial charge < -0.3 is 19.8 Å². The summed E-state index contributed by atoms with van der Waals surface area (Å²) in [5, 5.41) is 3.42. The number of hydrogen-bond acceptors (Lipinski definition) is 6. The van der Waals surface area contributed by atoms with Crippen molar-refractivity contribution >= 4 is 16.8 Å². The van der Waals surface area contributed by atoms with Gasteiger partial charge in [-0.05, 0) is 26.0 Å². The van der Waals surface area contributed by atoms with Crippen molar-refractivity contribution in [1.82, 2.24) is 20.2 Å².